The van der Waals surface area contributed by atoms with Crippen molar-refractivity contribution in [1.82, 2.24) is 5.32 Å². The standard InChI is InChI=1S/C12H11F2NO3/c13-7-2-3-8(9(14)6-7)12(4-1-5-12)15-10(16)11(17)18/h2-3,6H,1,4-5H2,(H,15,16)(H,17,18). The summed E-state index contributed by atoms with van der Waals surface area (Å²) in [4.78, 5) is 21.7. The van der Waals surface area contributed by atoms with Crippen LogP contribution in [0.4, 0.5) is 8.78 Å². The highest BCUT2D eigenvalue weighted by molar-refractivity contribution is 6.31. The van der Waals surface area contributed by atoms with E-state index in [2.05, 4.69) is 5.32 Å². The second-order valence-electron chi connectivity index (χ2n) is 4.32. The molecule has 4 nitrogen and oxygen atoms in total. The molecule has 18 heavy (non-hydrogen) atoms. The molecule has 1 saturated carbocycles. The summed E-state index contributed by atoms with van der Waals surface area (Å²) in [6.07, 6.45) is 1.62. The summed E-state index contributed by atoms with van der Waals surface area (Å²) in [5.41, 5.74) is -0.891. The highest BCUT2D eigenvalue weighted by Gasteiger charge is 2.43. The molecule has 0 spiro atoms. The Hall–Kier alpha value is -1.98. The van der Waals surface area contributed by atoms with E-state index in [1.807, 2.05) is 0 Å². The Kier molecular flexibility index (Phi) is 3.02. The number of rotatable bonds is 2. The first kappa shape index (κ1) is 12.5. The molecular formula is C12H11F2NO3. The molecule has 1 aromatic carbocycles. The Labute approximate surface area is 102 Å². The van der Waals surface area contributed by atoms with Crippen molar-refractivity contribution in [1.29, 1.82) is 0 Å². The van der Waals surface area contributed by atoms with Crippen LogP contribution in [-0.4, -0.2) is 17.0 Å². The third-order valence-corrected chi connectivity index (χ3v) is 3.20. The van der Waals surface area contributed by atoms with E-state index in [4.69, 9.17) is 5.11 Å². The van der Waals surface area contributed by atoms with E-state index < -0.39 is 29.0 Å². The zero-order valence-electron chi connectivity index (χ0n) is 9.37. The summed E-state index contributed by atoms with van der Waals surface area (Å²) in [7, 11) is 0. The van der Waals surface area contributed by atoms with Crippen LogP contribution in [0.2, 0.25) is 0 Å². The fourth-order valence-corrected chi connectivity index (χ4v) is 2.14. The second-order valence-corrected chi connectivity index (χ2v) is 4.32. The van der Waals surface area contributed by atoms with Crippen molar-refractivity contribution in [3.8, 4) is 0 Å². The summed E-state index contributed by atoms with van der Waals surface area (Å²) in [5, 5.41) is 10.9. The highest BCUT2D eigenvalue weighted by Crippen LogP contribution is 2.42. The van der Waals surface area contributed by atoms with E-state index in [9.17, 15) is 18.4 Å². The van der Waals surface area contributed by atoms with E-state index in [1.165, 1.54) is 6.07 Å². The molecule has 0 aromatic heterocycles. The molecule has 1 aliphatic rings. The number of carboxylic acid groups (broad SMARTS) is 1. The zero-order chi connectivity index (χ0) is 13.3. The number of carbonyl (C=O) groups is 2. The van der Waals surface area contributed by atoms with Crippen LogP contribution in [0, 0.1) is 11.6 Å². The largest absolute Gasteiger partial charge is 0.474 e. The van der Waals surface area contributed by atoms with Gasteiger partial charge in [-0.2, -0.15) is 0 Å². The number of carbonyl (C=O) groups excluding carboxylic acids is 1. The van der Waals surface area contributed by atoms with Gasteiger partial charge in [-0.15, -0.1) is 0 Å². The monoisotopic (exact) mass is 255 g/mol. The van der Waals surface area contributed by atoms with Gasteiger partial charge in [-0.05, 0) is 25.3 Å². The summed E-state index contributed by atoms with van der Waals surface area (Å²) < 4.78 is 26.5. The molecule has 96 valence electrons. The lowest BCUT2D eigenvalue weighted by Crippen LogP contribution is -2.53. The van der Waals surface area contributed by atoms with Gasteiger partial charge in [0.2, 0.25) is 0 Å². The van der Waals surface area contributed by atoms with Crippen LogP contribution in [-0.2, 0) is 15.1 Å². The van der Waals surface area contributed by atoms with Crippen LogP contribution < -0.4 is 5.32 Å². The molecule has 0 unspecified atom stereocenters. The molecule has 1 aliphatic carbocycles. The van der Waals surface area contributed by atoms with Crippen LogP contribution in [0.25, 0.3) is 0 Å². The van der Waals surface area contributed by atoms with Gasteiger partial charge in [-0.25, -0.2) is 13.6 Å². The van der Waals surface area contributed by atoms with Crippen molar-refractivity contribution < 1.29 is 23.5 Å². The lowest BCUT2D eigenvalue weighted by Gasteiger charge is -2.42. The van der Waals surface area contributed by atoms with Crippen molar-refractivity contribution in [3.05, 3.63) is 35.4 Å². The molecule has 6 heteroatoms. The van der Waals surface area contributed by atoms with Gasteiger partial charge in [-0.3, -0.25) is 4.79 Å². The van der Waals surface area contributed by atoms with Crippen molar-refractivity contribution in [2.24, 2.45) is 0 Å². The van der Waals surface area contributed by atoms with Gasteiger partial charge in [-0.1, -0.05) is 6.07 Å². The first-order chi connectivity index (χ1) is 8.44. The molecule has 1 aromatic rings. The number of hydrogen-bond donors (Lipinski definition) is 2. The van der Waals surface area contributed by atoms with Crippen molar-refractivity contribution >= 4 is 11.9 Å². The minimum absolute atomic E-state index is 0.129. The lowest BCUT2D eigenvalue weighted by atomic mass is 9.71. The molecule has 1 amide bonds. The number of hydrogen-bond acceptors (Lipinski definition) is 2. The number of halogens is 2. The van der Waals surface area contributed by atoms with Crippen molar-refractivity contribution in [2.45, 2.75) is 24.8 Å². The van der Waals surface area contributed by atoms with Crippen molar-refractivity contribution in [3.63, 3.8) is 0 Å². The molecule has 0 heterocycles. The van der Waals surface area contributed by atoms with Gasteiger partial charge in [0.1, 0.15) is 11.6 Å². The maximum atomic E-state index is 13.7. The molecule has 0 saturated heterocycles. The topological polar surface area (TPSA) is 66.4 Å². The van der Waals surface area contributed by atoms with Gasteiger partial charge in [0, 0.05) is 11.6 Å². The number of benzene rings is 1. The number of nitrogens with one attached hydrogen (secondary N) is 1. The number of carboxylic acids is 1. The Bertz CT molecular complexity index is 512. The Morgan fingerprint density at radius 3 is 2.39 bits per heavy atom. The third kappa shape index (κ3) is 2.05. The van der Waals surface area contributed by atoms with Gasteiger partial charge in [0.05, 0.1) is 5.54 Å². The van der Waals surface area contributed by atoms with Gasteiger partial charge >= 0.3 is 11.9 Å². The van der Waals surface area contributed by atoms with Crippen LogP contribution in [0.15, 0.2) is 18.2 Å². The third-order valence-electron chi connectivity index (χ3n) is 3.20. The number of aliphatic carboxylic acids is 1. The maximum Gasteiger partial charge on any atom is 0.394 e. The predicted molar refractivity (Wildman–Crippen MR) is 57.7 cm³/mol. The van der Waals surface area contributed by atoms with Gasteiger partial charge in [0.25, 0.3) is 0 Å². The summed E-state index contributed by atoms with van der Waals surface area (Å²) in [6, 6.07) is 3.06. The normalized spacial score (nSPS) is 16.8. The molecule has 0 aliphatic heterocycles. The second kappa shape index (κ2) is 4.36. The van der Waals surface area contributed by atoms with Crippen molar-refractivity contribution in [2.75, 3.05) is 0 Å². The van der Waals surface area contributed by atoms with Gasteiger partial charge in [0.15, 0.2) is 0 Å². The lowest BCUT2D eigenvalue weighted by molar-refractivity contribution is -0.151. The fraction of sp³-hybridized carbons (Fsp3) is 0.333. The van der Waals surface area contributed by atoms with E-state index in [0.717, 1.165) is 18.6 Å². The van der Waals surface area contributed by atoms with Crippen LogP contribution >= 0.6 is 0 Å². The van der Waals surface area contributed by atoms with Gasteiger partial charge < -0.3 is 10.4 Å². The van der Waals surface area contributed by atoms with E-state index in [0.29, 0.717) is 12.8 Å². The first-order valence-corrected chi connectivity index (χ1v) is 5.45. The molecule has 0 bridgehead atoms. The average molecular weight is 255 g/mol. The summed E-state index contributed by atoms with van der Waals surface area (Å²) in [5.74, 6) is -4.29. The molecular weight excluding hydrogens is 244 g/mol. The quantitative estimate of drug-likeness (QED) is 0.788. The van der Waals surface area contributed by atoms with Crippen LogP contribution in [0.1, 0.15) is 24.8 Å². The Morgan fingerprint density at radius 2 is 1.94 bits per heavy atom. The molecule has 2 rings (SSSR count). The Morgan fingerprint density at radius 1 is 1.28 bits per heavy atom. The summed E-state index contributed by atoms with van der Waals surface area (Å²) in [6.45, 7) is 0. The highest BCUT2D eigenvalue weighted by atomic mass is 19.1. The molecule has 1 fully saturated rings. The summed E-state index contributed by atoms with van der Waals surface area (Å²) >= 11 is 0. The maximum absolute atomic E-state index is 13.7. The Balaban J connectivity index is 2.32. The molecule has 2 N–H and O–H groups in total. The molecule has 0 radical (unpaired) electrons. The smallest absolute Gasteiger partial charge is 0.394 e. The SMILES string of the molecule is O=C(O)C(=O)NC1(c2ccc(F)cc2F)CCC1. The van der Waals surface area contributed by atoms with E-state index >= 15 is 0 Å². The first-order valence-electron chi connectivity index (χ1n) is 5.45. The van der Waals surface area contributed by atoms with E-state index in [-0.39, 0.29) is 5.56 Å². The number of amides is 1. The average Bonchev–Trinajstić information content (AvgIpc) is 2.24. The molecule has 0 atom stereocenters. The minimum Gasteiger partial charge on any atom is -0.474 e. The fourth-order valence-electron chi connectivity index (χ4n) is 2.14. The van der Waals surface area contributed by atoms with Crippen LogP contribution in [0.5, 0.6) is 0 Å². The minimum atomic E-state index is -1.62. The van der Waals surface area contributed by atoms with Crippen LogP contribution in [0.3, 0.4) is 0 Å². The predicted octanol–water partition coefficient (Wildman–Crippen LogP) is 1.54. The van der Waals surface area contributed by atoms with E-state index in [1.54, 1.807) is 0 Å². The zero-order valence-corrected chi connectivity index (χ0v) is 9.37.